The van der Waals surface area contributed by atoms with Crippen molar-refractivity contribution in [3.8, 4) is 22.5 Å². The number of morpholine rings is 1. The SMILES string of the molecule is Cc1c(NC(=O)N2CC(O)(CC(C)(C)C)C2)cc(F)cc1-c1ncnc2[nH]c(-c3cnn(CC(=O)N4CCC5(CC4)CN(CCNC(=O)CCCCC4CCN(c6ccnc(N7CCC8C7CCCN8c7cccc(F)c7)c6)CC4)CCO5)c3)cc12. The van der Waals surface area contributed by atoms with Gasteiger partial charge in [0.25, 0.3) is 0 Å². The Morgan fingerprint density at radius 1 is 0.837 bits per heavy atom. The van der Waals surface area contributed by atoms with Crippen LogP contribution in [0, 0.1) is 29.9 Å². The first kappa shape index (κ1) is 59.1. The van der Waals surface area contributed by atoms with Crippen LogP contribution in [-0.2, 0) is 20.9 Å². The summed E-state index contributed by atoms with van der Waals surface area (Å²) in [5, 5.41) is 22.2. The number of H-pyrrole nitrogens is 1. The number of nitrogens with one attached hydrogen (secondary N) is 3. The van der Waals surface area contributed by atoms with Gasteiger partial charge in [-0.2, -0.15) is 5.10 Å². The average molecular weight is 1180 g/mol. The van der Waals surface area contributed by atoms with Crippen molar-refractivity contribution in [2.75, 3.05) is 105 Å². The monoisotopic (exact) mass is 1180 g/mol. The molecule has 2 unspecified atom stereocenters. The van der Waals surface area contributed by atoms with Crippen molar-refractivity contribution in [2.45, 2.75) is 135 Å². The third-order valence-corrected chi connectivity index (χ3v) is 19.0. The molecule has 6 fully saturated rings. The summed E-state index contributed by atoms with van der Waals surface area (Å²) in [6.07, 6.45) is 18.1. The van der Waals surface area contributed by atoms with Gasteiger partial charge in [0.2, 0.25) is 11.8 Å². The molecule has 10 heterocycles. The number of unbranched alkanes of at least 4 members (excludes halogenated alkanes) is 1. The quantitative estimate of drug-likeness (QED) is 0.0633. The van der Waals surface area contributed by atoms with Gasteiger partial charge in [-0.05, 0) is 124 Å². The highest BCUT2D eigenvalue weighted by Crippen LogP contribution is 2.40. The highest BCUT2D eigenvalue weighted by molar-refractivity contribution is 5.97. The second-order valence-electron chi connectivity index (χ2n) is 26.5. The van der Waals surface area contributed by atoms with Gasteiger partial charge < -0.3 is 50.0 Å². The number of rotatable bonds is 17. The van der Waals surface area contributed by atoms with Crippen molar-refractivity contribution in [1.29, 1.82) is 0 Å². The number of amides is 4. The number of fused-ring (bicyclic) bond motifs is 2. The number of carbonyl (C=O) groups excluding carboxylic acids is 3. The van der Waals surface area contributed by atoms with E-state index in [0.717, 1.165) is 127 Å². The molecule has 458 valence electrons. The summed E-state index contributed by atoms with van der Waals surface area (Å²) < 4.78 is 37.5. The number of urea groups is 1. The van der Waals surface area contributed by atoms with Gasteiger partial charge in [0, 0.05) is 124 Å². The van der Waals surface area contributed by atoms with Gasteiger partial charge in [0.15, 0.2) is 0 Å². The first-order valence-corrected chi connectivity index (χ1v) is 31.3. The first-order valence-electron chi connectivity index (χ1n) is 31.3. The molecule has 4 amide bonds. The summed E-state index contributed by atoms with van der Waals surface area (Å²) >= 11 is 0. The number of nitrogens with zero attached hydrogens (tertiary/aromatic N) is 11. The maximum absolute atomic E-state index is 15.3. The third-order valence-electron chi connectivity index (χ3n) is 19.0. The number of ether oxygens (including phenoxy) is 1. The summed E-state index contributed by atoms with van der Waals surface area (Å²) in [4.78, 5) is 70.4. The number of benzene rings is 2. The number of aromatic amines is 1. The van der Waals surface area contributed by atoms with Gasteiger partial charge in [0.05, 0.1) is 55.0 Å². The van der Waals surface area contributed by atoms with E-state index in [0.29, 0.717) is 96.3 Å². The molecular weight excluding hydrogens is 1090 g/mol. The second-order valence-corrected chi connectivity index (χ2v) is 26.5. The number of likely N-dealkylation sites (tertiary alicyclic amines) is 2. The molecule has 19 nitrogen and oxygen atoms in total. The summed E-state index contributed by atoms with van der Waals surface area (Å²) in [7, 11) is 0. The number of aromatic nitrogens is 6. The lowest BCUT2D eigenvalue weighted by Gasteiger charge is -2.48. The Hall–Kier alpha value is -7.23. The topological polar surface area (TPSA) is 196 Å². The smallest absolute Gasteiger partial charge is 0.322 e. The molecule has 0 radical (unpaired) electrons. The summed E-state index contributed by atoms with van der Waals surface area (Å²) in [5.74, 6) is 1.09. The minimum Gasteiger partial charge on any atom is -0.386 e. The molecular formula is C65H84F2N14O5. The largest absolute Gasteiger partial charge is 0.386 e. The number of piperidine rings is 3. The lowest BCUT2D eigenvalue weighted by molar-refractivity contribution is -0.150. The van der Waals surface area contributed by atoms with Crippen LogP contribution in [-0.4, -0.2) is 176 Å². The Morgan fingerprint density at radius 3 is 2.45 bits per heavy atom. The van der Waals surface area contributed by atoms with Crippen molar-refractivity contribution >= 4 is 51.8 Å². The number of β-amino-alcohol motifs (C(OH)–C–C–N with tert-alkyl or cyclic N) is 1. The number of aliphatic hydroxyl groups is 1. The van der Waals surface area contributed by atoms with Crippen molar-refractivity contribution < 1.29 is 33.0 Å². The molecule has 1 spiro atoms. The number of anilines is 4. The molecule has 6 saturated heterocycles. The van der Waals surface area contributed by atoms with Crippen LogP contribution in [0.2, 0.25) is 0 Å². The highest BCUT2D eigenvalue weighted by atomic mass is 19.1. The van der Waals surface area contributed by atoms with Crippen molar-refractivity contribution in [3.05, 3.63) is 96.7 Å². The lowest BCUT2D eigenvalue weighted by Crippen LogP contribution is -2.65. The van der Waals surface area contributed by atoms with E-state index in [2.05, 4.69) is 83.2 Å². The van der Waals surface area contributed by atoms with Crippen LogP contribution >= 0.6 is 0 Å². The fourth-order valence-electron chi connectivity index (χ4n) is 14.7. The van der Waals surface area contributed by atoms with E-state index in [1.54, 1.807) is 23.9 Å². The van der Waals surface area contributed by atoms with Crippen LogP contribution < -0.4 is 25.3 Å². The molecule has 86 heavy (non-hydrogen) atoms. The van der Waals surface area contributed by atoms with Gasteiger partial charge in [0.1, 0.15) is 41.6 Å². The predicted octanol–water partition coefficient (Wildman–Crippen LogP) is 9.02. The average Bonchev–Trinajstić information content (AvgIpc) is 1.83. The van der Waals surface area contributed by atoms with E-state index in [-0.39, 0.29) is 48.3 Å². The third kappa shape index (κ3) is 13.3. The molecule has 2 atom stereocenters. The Kier molecular flexibility index (Phi) is 17.1. The Labute approximate surface area is 502 Å². The number of halogens is 2. The van der Waals surface area contributed by atoms with E-state index in [9.17, 15) is 23.9 Å². The predicted molar refractivity (Wildman–Crippen MR) is 329 cm³/mol. The van der Waals surface area contributed by atoms with Crippen LogP contribution in [0.5, 0.6) is 0 Å². The molecule has 6 aromatic rings. The van der Waals surface area contributed by atoms with E-state index >= 15 is 4.39 Å². The summed E-state index contributed by atoms with van der Waals surface area (Å²) in [5.41, 5.74) is 4.75. The highest BCUT2D eigenvalue weighted by Gasteiger charge is 2.46. The van der Waals surface area contributed by atoms with E-state index in [4.69, 9.17) is 9.72 Å². The maximum atomic E-state index is 15.3. The van der Waals surface area contributed by atoms with E-state index < -0.39 is 17.4 Å². The van der Waals surface area contributed by atoms with E-state index in [1.807, 2.05) is 35.5 Å². The molecule has 12 rings (SSSR count). The van der Waals surface area contributed by atoms with Crippen molar-refractivity contribution in [2.24, 2.45) is 11.3 Å². The molecule has 0 aliphatic carbocycles. The number of hydrogen-bond acceptors (Lipinski definition) is 13. The molecule has 2 aromatic carbocycles. The molecule has 21 heteroatoms. The van der Waals surface area contributed by atoms with Crippen LogP contribution in [0.25, 0.3) is 33.5 Å². The second kappa shape index (κ2) is 24.9. The molecule has 4 N–H and O–H groups in total. The van der Waals surface area contributed by atoms with Crippen LogP contribution in [0.15, 0.2) is 79.5 Å². The van der Waals surface area contributed by atoms with Crippen LogP contribution in [0.4, 0.5) is 36.5 Å². The minimum absolute atomic E-state index is 0.0250. The summed E-state index contributed by atoms with van der Waals surface area (Å²) in [6, 6.07) is 16.4. The fraction of sp³-hybridized carbons (Fsp3) is 0.554. The molecule has 0 saturated carbocycles. The van der Waals surface area contributed by atoms with Crippen molar-refractivity contribution in [1.82, 2.24) is 49.7 Å². The maximum Gasteiger partial charge on any atom is 0.322 e. The van der Waals surface area contributed by atoms with Crippen molar-refractivity contribution in [3.63, 3.8) is 0 Å². The number of pyridine rings is 1. The minimum atomic E-state index is -0.952. The Morgan fingerprint density at radius 2 is 1.65 bits per heavy atom. The normalized spacial score (nSPS) is 20.8. The molecule has 4 aromatic heterocycles. The lowest BCUT2D eigenvalue weighted by atomic mass is 9.78. The molecule has 6 aliphatic rings. The van der Waals surface area contributed by atoms with Crippen LogP contribution in [0.3, 0.4) is 0 Å². The number of carbonyl (C=O) groups is 3. The Bertz CT molecular complexity index is 3400. The zero-order valence-electron chi connectivity index (χ0n) is 50.4. The standard InChI is InChI=1S/C65H84F2N14O5/c1-44-51(32-48(67)33-53(44)74-62(84)78-40-64(85,41-78)39-63(2,3)4)60-52-35-54(73-61(52)71-43-70-60)46-36-72-79(37-46)38-59(83)77-26-18-65(19-27-77)42-75(29-30-86-65)28-21-69-58(82)13-6-5-9-45-15-23-76(24-16-45)49-14-20-68-57(34-49)81-25-17-56-55(81)12-8-22-80(56)50-11-7-10-47(66)31-50/h7,10-11,14,20,31-37,43,45,55-56,85H,5-6,8-9,12-13,15-19,21-30,38-42H2,1-4H3,(H,69,82)(H,74,84)(H,70,71,73). The van der Waals surface area contributed by atoms with Gasteiger partial charge in [-0.1, -0.05) is 39.7 Å². The zero-order chi connectivity index (χ0) is 59.7. The van der Waals surface area contributed by atoms with Gasteiger partial charge in [-0.3, -0.25) is 19.2 Å². The summed E-state index contributed by atoms with van der Waals surface area (Å²) in [6.45, 7) is 17.1. The van der Waals surface area contributed by atoms with Crippen LogP contribution in [0.1, 0.15) is 103 Å². The van der Waals surface area contributed by atoms with Gasteiger partial charge in [-0.25, -0.2) is 28.5 Å². The molecule has 6 aliphatic heterocycles. The number of hydrogen-bond donors (Lipinski definition) is 4. The Balaban J connectivity index is 0.547. The van der Waals surface area contributed by atoms with Gasteiger partial charge in [-0.15, -0.1) is 0 Å². The first-order chi connectivity index (χ1) is 41.4. The zero-order valence-corrected chi connectivity index (χ0v) is 50.4. The van der Waals surface area contributed by atoms with E-state index in [1.165, 1.54) is 35.1 Å². The van der Waals surface area contributed by atoms with Gasteiger partial charge >= 0.3 is 6.03 Å². The molecule has 0 bridgehead atoms. The fourth-order valence-corrected chi connectivity index (χ4v) is 14.7.